The van der Waals surface area contributed by atoms with Gasteiger partial charge in [-0.3, -0.25) is 4.79 Å². The fourth-order valence-electron chi connectivity index (χ4n) is 2.47. The third kappa shape index (κ3) is 4.48. The number of hydrogen-bond donors (Lipinski definition) is 0. The molecular weight excluding hydrogens is 382 g/mol. The first kappa shape index (κ1) is 16.8. The van der Waals surface area contributed by atoms with Crippen molar-refractivity contribution in [2.24, 2.45) is 0 Å². The van der Waals surface area contributed by atoms with Crippen molar-refractivity contribution in [1.82, 2.24) is 4.90 Å². The standard InChI is InChI=1S/C19H13F4NO4/c20-14-8-5-12(6-9-14)15-11-27-18(26)24(15)17(25)10-7-13-3-1-2-4-16(13)28-19(21,22)23/h1-10,15H,11H2/b10-7+/t15-/m1/s1/i11D2. The molecule has 1 heterocycles. The minimum Gasteiger partial charge on any atom is -0.446 e. The van der Waals surface area contributed by atoms with Crippen LogP contribution < -0.4 is 4.74 Å². The van der Waals surface area contributed by atoms with Crippen molar-refractivity contribution < 1.29 is 39.4 Å². The predicted octanol–water partition coefficient (Wildman–Crippen LogP) is 4.46. The molecule has 2 aromatic carbocycles. The average Bonchev–Trinajstić information content (AvgIpc) is 2.88. The molecule has 1 aliphatic heterocycles. The Kier molecular flexibility index (Phi) is 4.62. The lowest BCUT2D eigenvalue weighted by molar-refractivity contribution is -0.274. The summed E-state index contributed by atoms with van der Waals surface area (Å²) in [6.07, 6.45) is -4.45. The van der Waals surface area contributed by atoms with Gasteiger partial charge in [0.05, 0.1) is 2.74 Å². The molecular formula is C19H13F4NO4. The van der Waals surface area contributed by atoms with Crippen molar-refractivity contribution in [3.05, 3.63) is 71.6 Å². The van der Waals surface area contributed by atoms with Crippen molar-refractivity contribution in [2.45, 2.75) is 12.4 Å². The van der Waals surface area contributed by atoms with Gasteiger partial charge in [0.25, 0.3) is 5.91 Å². The second-order valence-corrected chi connectivity index (χ2v) is 5.57. The molecule has 1 aliphatic rings. The number of cyclic esters (lactones) is 1. The Morgan fingerprint density at radius 2 is 1.89 bits per heavy atom. The highest BCUT2D eigenvalue weighted by molar-refractivity contribution is 6.02. The van der Waals surface area contributed by atoms with Crippen LogP contribution in [0.3, 0.4) is 0 Å². The maximum Gasteiger partial charge on any atom is 0.573 e. The second-order valence-electron chi connectivity index (χ2n) is 5.57. The minimum atomic E-state index is -4.95. The van der Waals surface area contributed by atoms with Crippen molar-refractivity contribution in [1.29, 1.82) is 0 Å². The van der Waals surface area contributed by atoms with Crippen molar-refractivity contribution >= 4 is 18.1 Å². The number of benzene rings is 2. The molecule has 28 heavy (non-hydrogen) atoms. The Labute approximate surface area is 159 Å². The largest absolute Gasteiger partial charge is 0.573 e. The van der Waals surface area contributed by atoms with Crippen LogP contribution in [0.15, 0.2) is 54.6 Å². The number of rotatable bonds is 4. The van der Waals surface area contributed by atoms with E-state index >= 15 is 0 Å². The zero-order chi connectivity index (χ0) is 22.1. The maximum absolute atomic E-state index is 13.2. The topological polar surface area (TPSA) is 55.8 Å². The van der Waals surface area contributed by atoms with Crippen LogP contribution in [0.1, 0.15) is 19.9 Å². The Morgan fingerprint density at radius 1 is 1.21 bits per heavy atom. The van der Waals surface area contributed by atoms with Gasteiger partial charge in [-0.1, -0.05) is 30.3 Å². The van der Waals surface area contributed by atoms with Gasteiger partial charge < -0.3 is 9.47 Å². The average molecular weight is 397 g/mol. The van der Waals surface area contributed by atoms with Crippen LogP contribution in [0.4, 0.5) is 22.4 Å². The Balaban J connectivity index is 1.90. The lowest BCUT2D eigenvalue weighted by atomic mass is 10.1. The summed E-state index contributed by atoms with van der Waals surface area (Å²) in [5.41, 5.74) is -0.00751. The summed E-state index contributed by atoms with van der Waals surface area (Å²) in [5, 5.41) is 0. The number of nitrogens with zero attached hydrogens (tertiary/aromatic N) is 1. The molecule has 0 saturated carbocycles. The number of ether oxygens (including phenoxy) is 2. The third-order valence-corrected chi connectivity index (χ3v) is 3.69. The molecule has 0 spiro atoms. The smallest absolute Gasteiger partial charge is 0.446 e. The van der Waals surface area contributed by atoms with E-state index in [0.717, 1.165) is 30.4 Å². The number of alkyl halides is 3. The molecule has 1 saturated heterocycles. The Hall–Kier alpha value is -3.36. The van der Waals surface area contributed by atoms with Gasteiger partial charge in [-0.2, -0.15) is 0 Å². The van der Waals surface area contributed by atoms with Crippen molar-refractivity contribution in [3.63, 3.8) is 0 Å². The maximum atomic E-state index is 13.2. The third-order valence-electron chi connectivity index (χ3n) is 3.69. The van der Waals surface area contributed by atoms with E-state index in [9.17, 15) is 27.2 Å². The molecule has 0 unspecified atom stereocenters. The Morgan fingerprint density at radius 3 is 2.57 bits per heavy atom. The van der Waals surface area contributed by atoms with Crippen LogP contribution in [0.25, 0.3) is 6.08 Å². The summed E-state index contributed by atoms with van der Waals surface area (Å²) in [6.45, 7) is -2.60. The van der Waals surface area contributed by atoms with Crippen LogP contribution in [-0.4, -0.2) is 29.8 Å². The predicted molar refractivity (Wildman–Crippen MR) is 89.5 cm³/mol. The number of imide groups is 1. The molecule has 2 aromatic rings. The fourth-order valence-corrected chi connectivity index (χ4v) is 2.47. The van der Waals surface area contributed by atoms with Gasteiger partial charge in [0, 0.05) is 11.6 Å². The van der Waals surface area contributed by atoms with E-state index in [2.05, 4.69) is 9.47 Å². The minimum absolute atomic E-state index is 0.0924. The molecule has 0 bridgehead atoms. The lowest BCUT2D eigenvalue weighted by Crippen LogP contribution is -2.32. The van der Waals surface area contributed by atoms with E-state index in [1.54, 1.807) is 0 Å². The van der Waals surface area contributed by atoms with Crippen LogP contribution in [0, 0.1) is 5.82 Å². The van der Waals surface area contributed by atoms with Gasteiger partial charge in [0.15, 0.2) is 0 Å². The number of hydrogen-bond acceptors (Lipinski definition) is 4. The summed E-state index contributed by atoms with van der Waals surface area (Å²) < 4.78 is 75.0. The highest BCUT2D eigenvalue weighted by Crippen LogP contribution is 2.30. The van der Waals surface area contributed by atoms with E-state index in [-0.39, 0.29) is 11.1 Å². The van der Waals surface area contributed by atoms with Crippen molar-refractivity contribution in [3.8, 4) is 5.75 Å². The van der Waals surface area contributed by atoms with Gasteiger partial charge in [-0.15, -0.1) is 13.2 Å². The molecule has 0 aliphatic carbocycles. The van der Waals surface area contributed by atoms with Crippen LogP contribution in [0.5, 0.6) is 5.75 Å². The number of halogens is 4. The van der Waals surface area contributed by atoms with E-state index in [1.807, 2.05) is 0 Å². The summed E-state index contributed by atoms with van der Waals surface area (Å²) in [6, 6.07) is 7.92. The summed E-state index contributed by atoms with van der Waals surface area (Å²) in [4.78, 5) is 25.2. The van der Waals surface area contributed by atoms with Gasteiger partial charge in [-0.25, -0.2) is 14.1 Å². The first-order valence-electron chi connectivity index (χ1n) is 8.82. The normalized spacial score (nSPS) is 19.9. The molecule has 2 amide bonds. The first-order valence-corrected chi connectivity index (χ1v) is 7.82. The first-order chi connectivity index (χ1) is 14.0. The van der Waals surface area contributed by atoms with E-state index in [4.69, 9.17) is 2.74 Å². The summed E-state index contributed by atoms with van der Waals surface area (Å²) in [5.74, 6) is -2.22. The van der Waals surface area contributed by atoms with E-state index < -0.39 is 42.5 Å². The number of para-hydroxylation sites is 1. The molecule has 1 fully saturated rings. The van der Waals surface area contributed by atoms with Crippen LogP contribution in [0.2, 0.25) is 0 Å². The molecule has 1 atom stereocenters. The molecule has 9 heteroatoms. The van der Waals surface area contributed by atoms with Gasteiger partial charge >= 0.3 is 12.5 Å². The van der Waals surface area contributed by atoms with Crippen molar-refractivity contribution in [2.75, 3.05) is 6.56 Å². The highest BCUT2D eigenvalue weighted by Gasteiger charge is 2.38. The second kappa shape index (κ2) is 7.71. The summed E-state index contributed by atoms with van der Waals surface area (Å²) >= 11 is 0. The molecule has 0 aromatic heterocycles. The molecule has 5 nitrogen and oxygen atoms in total. The van der Waals surface area contributed by atoms with Gasteiger partial charge in [-0.05, 0) is 29.8 Å². The molecule has 0 N–H and O–H groups in total. The number of carbonyl (C=O) groups excluding carboxylic acids is 2. The molecule has 146 valence electrons. The van der Waals surface area contributed by atoms with Gasteiger partial charge in [0.1, 0.15) is 24.2 Å². The highest BCUT2D eigenvalue weighted by atomic mass is 19.4. The SMILES string of the molecule is [2H]C1([2H])OC(=O)N(C(=O)/C=C/c2ccccc2OC(F)(F)F)[C@H]1c1ccc(F)cc1. The molecule has 0 radical (unpaired) electrons. The monoisotopic (exact) mass is 397 g/mol. The van der Waals surface area contributed by atoms with E-state index in [0.29, 0.717) is 4.90 Å². The molecule has 3 rings (SSSR count). The van der Waals surface area contributed by atoms with E-state index in [1.165, 1.54) is 30.3 Å². The quantitative estimate of drug-likeness (QED) is 0.565. The Bertz CT molecular complexity index is 993. The number of amides is 2. The van der Waals surface area contributed by atoms with Crippen LogP contribution in [-0.2, 0) is 9.53 Å². The van der Waals surface area contributed by atoms with Gasteiger partial charge in [0.2, 0.25) is 0 Å². The number of carbonyl (C=O) groups is 2. The summed E-state index contributed by atoms with van der Waals surface area (Å²) in [7, 11) is 0. The zero-order valence-electron chi connectivity index (χ0n) is 15.9. The lowest BCUT2D eigenvalue weighted by Gasteiger charge is -2.18. The fraction of sp³-hybridized carbons (Fsp3) is 0.158. The zero-order valence-corrected chi connectivity index (χ0v) is 13.9. The van der Waals surface area contributed by atoms with Crippen LogP contribution >= 0.6 is 0 Å².